The van der Waals surface area contributed by atoms with Crippen molar-refractivity contribution in [3.05, 3.63) is 0 Å². The van der Waals surface area contributed by atoms with Gasteiger partial charge in [0, 0.05) is 12.1 Å². The summed E-state index contributed by atoms with van der Waals surface area (Å²) in [5.74, 6) is 0. The van der Waals surface area contributed by atoms with Crippen molar-refractivity contribution in [1.82, 2.24) is 10.2 Å². The molecule has 0 spiro atoms. The number of hydrogen-bond donors (Lipinski definition) is 1. The molecule has 0 aromatic carbocycles. The summed E-state index contributed by atoms with van der Waals surface area (Å²) < 4.78 is 0. The molecule has 1 N–H and O–H groups in total. The maximum Gasteiger partial charge on any atom is 0.0125 e. The van der Waals surface area contributed by atoms with Crippen LogP contribution in [-0.4, -0.2) is 37.6 Å². The molecule has 0 radical (unpaired) electrons. The average Bonchev–Trinajstić information content (AvgIpc) is 1.99. The van der Waals surface area contributed by atoms with Crippen LogP contribution in [0.25, 0.3) is 0 Å². The lowest BCUT2D eigenvalue weighted by Gasteiger charge is -2.37. The van der Waals surface area contributed by atoms with Gasteiger partial charge in [-0.1, -0.05) is 27.2 Å². The number of rotatable bonds is 5. The Morgan fingerprint density at radius 1 is 1.33 bits per heavy atom. The summed E-state index contributed by atoms with van der Waals surface area (Å²) in [6, 6.07) is 1.50. The van der Waals surface area contributed by atoms with Crippen molar-refractivity contribution >= 4 is 0 Å². The van der Waals surface area contributed by atoms with Crippen LogP contribution in [0.15, 0.2) is 0 Å². The smallest absolute Gasteiger partial charge is 0.0125 e. The van der Waals surface area contributed by atoms with Crippen LogP contribution in [0.3, 0.4) is 0 Å². The maximum atomic E-state index is 3.45. The van der Waals surface area contributed by atoms with E-state index >= 15 is 0 Å². The molecule has 0 aliphatic heterocycles. The second-order valence-corrected chi connectivity index (χ2v) is 6.06. The van der Waals surface area contributed by atoms with Crippen LogP contribution in [0, 0.1) is 5.41 Å². The maximum absolute atomic E-state index is 3.45. The topological polar surface area (TPSA) is 15.3 Å². The Bertz CT molecular complexity index is 179. The highest BCUT2D eigenvalue weighted by atomic mass is 15.1. The van der Waals surface area contributed by atoms with Crippen molar-refractivity contribution in [1.29, 1.82) is 0 Å². The van der Waals surface area contributed by atoms with E-state index < -0.39 is 0 Å². The van der Waals surface area contributed by atoms with Crippen molar-refractivity contribution in [2.75, 3.05) is 20.6 Å². The van der Waals surface area contributed by atoms with Crippen molar-refractivity contribution in [2.45, 2.75) is 58.5 Å². The molecule has 0 bridgehead atoms. The van der Waals surface area contributed by atoms with Gasteiger partial charge in [0.25, 0.3) is 0 Å². The van der Waals surface area contributed by atoms with Gasteiger partial charge in [0.1, 0.15) is 0 Å². The van der Waals surface area contributed by atoms with Crippen LogP contribution in [-0.2, 0) is 0 Å². The fraction of sp³-hybridized carbons (Fsp3) is 1.00. The summed E-state index contributed by atoms with van der Waals surface area (Å²) in [6.45, 7) is 8.18. The van der Waals surface area contributed by atoms with E-state index in [9.17, 15) is 0 Å². The predicted molar refractivity (Wildman–Crippen MR) is 67.2 cm³/mol. The van der Waals surface area contributed by atoms with Crippen LogP contribution in [0.1, 0.15) is 46.5 Å². The molecule has 0 amide bonds. The Morgan fingerprint density at radius 3 is 2.27 bits per heavy atom. The van der Waals surface area contributed by atoms with Gasteiger partial charge >= 0.3 is 0 Å². The molecule has 2 heteroatoms. The highest BCUT2D eigenvalue weighted by Crippen LogP contribution is 2.25. The first-order valence-electron chi connectivity index (χ1n) is 6.32. The molecular formula is C13H28N2. The molecule has 1 aliphatic carbocycles. The monoisotopic (exact) mass is 212 g/mol. The first-order chi connectivity index (χ1) is 6.95. The molecule has 0 aromatic heterocycles. The summed E-state index contributed by atoms with van der Waals surface area (Å²) in [4.78, 5) is 2.54. The summed E-state index contributed by atoms with van der Waals surface area (Å²) in [6.07, 6.45) is 5.52. The van der Waals surface area contributed by atoms with Crippen LogP contribution < -0.4 is 5.32 Å². The minimum absolute atomic E-state index is 0.370. The lowest BCUT2D eigenvalue weighted by molar-refractivity contribution is 0.141. The number of nitrogens with one attached hydrogen (secondary N) is 1. The quantitative estimate of drug-likeness (QED) is 0.753. The molecule has 2 nitrogen and oxygen atoms in total. The number of hydrogen-bond acceptors (Lipinski definition) is 2. The molecule has 1 rings (SSSR count). The Morgan fingerprint density at radius 2 is 1.93 bits per heavy atom. The van der Waals surface area contributed by atoms with E-state index in [2.05, 4.69) is 45.1 Å². The number of nitrogens with zero attached hydrogens (tertiary/aromatic N) is 1. The second kappa shape index (κ2) is 5.31. The SMILES string of the molecule is CNC(CCN(C)C1CCC1)C(C)(C)C. The van der Waals surface area contributed by atoms with E-state index in [0.29, 0.717) is 11.5 Å². The normalized spacial score (nSPS) is 20.4. The highest BCUT2D eigenvalue weighted by molar-refractivity contribution is 4.83. The van der Waals surface area contributed by atoms with Crippen molar-refractivity contribution in [3.63, 3.8) is 0 Å². The second-order valence-electron chi connectivity index (χ2n) is 6.06. The van der Waals surface area contributed by atoms with Gasteiger partial charge in [0.15, 0.2) is 0 Å². The summed E-state index contributed by atoms with van der Waals surface area (Å²) in [7, 11) is 4.36. The Balaban J connectivity index is 2.27. The Labute approximate surface area is 95.4 Å². The third-order valence-electron chi connectivity index (χ3n) is 3.86. The van der Waals surface area contributed by atoms with Gasteiger partial charge in [0.05, 0.1) is 0 Å². The molecule has 90 valence electrons. The molecule has 1 unspecified atom stereocenters. The largest absolute Gasteiger partial charge is 0.316 e. The predicted octanol–water partition coefficient (Wildman–Crippen LogP) is 2.49. The molecular weight excluding hydrogens is 184 g/mol. The standard InChI is InChI=1S/C13H28N2/c1-13(2,3)12(14-4)9-10-15(5)11-7-6-8-11/h11-12,14H,6-10H2,1-5H3. The van der Waals surface area contributed by atoms with Crippen molar-refractivity contribution in [3.8, 4) is 0 Å². The van der Waals surface area contributed by atoms with Gasteiger partial charge in [-0.3, -0.25) is 0 Å². The lowest BCUT2D eigenvalue weighted by atomic mass is 9.84. The molecule has 0 saturated heterocycles. The van der Waals surface area contributed by atoms with E-state index in [1.807, 2.05) is 0 Å². The van der Waals surface area contributed by atoms with Gasteiger partial charge in [-0.15, -0.1) is 0 Å². The van der Waals surface area contributed by atoms with Gasteiger partial charge in [-0.25, -0.2) is 0 Å². The van der Waals surface area contributed by atoms with Crippen LogP contribution in [0.2, 0.25) is 0 Å². The van der Waals surface area contributed by atoms with Crippen LogP contribution in [0.4, 0.5) is 0 Å². The van der Waals surface area contributed by atoms with Crippen LogP contribution in [0.5, 0.6) is 0 Å². The average molecular weight is 212 g/mol. The summed E-state index contributed by atoms with van der Waals surface area (Å²) in [5, 5.41) is 3.45. The molecule has 15 heavy (non-hydrogen) atoms. The summed E-state index contributed by atoms with van der Waals surface area (Å²) in [5.41, 5.74) is 0.370. The van der Waals surface area contributed by atoms with E-state index in [-0.39, 0.29) is 0 Å². The molecule has 0 heterocycles. The zero-order valence-corrected chi connectivity index (χ0v) is 11.1. The molecule has 1 atom stereocenters. The molecule has 0 aromatic rings. The summed E-state index contributed by atoms with van der Waals surface area (Å²) >= 11 is 0. The van der Waals surface area contributed by atoms with Crippen molar-refractivity contribution < 1.29 is 0 Å². The van der Waals surface area contributed by atoms with E-state index in [0.717, 1.165) is 6.04 Å². The Kier molecular flexibility index (Phi) is 4.60. The Hall–Kier alpha value is -0.0800. The third-order valence-corrected chi connectivity index (χ3v) is 3.86. The van der Waals surface area contributed by atoms with Gasteiger partial charge in [-0.05, 0) is 45.3 Å². The molecule has 1 saturated carbocycles. The minimum Gasteiger partial charge on any atom is -0.316 e. The lowest BCUT2D eigenvalue weighted by Crippen LogP contribution is -2.43. The van der Waals surface area contributed by atoms with E-state index in [1.165, 1.54) is 32.2 Å². The fourth-order valence-electron chi connectivity index (χ4n) is 2.35. The zero-order valence-electron chi connectivity index (χ0n) is 11.1. The van der Waals surface area contributed by atoms with E-state index in [1.54, 1.807) is 0 Å². The molecule has 1 aliphatic rings. The zero-order chi connectivity index (χ0) is 11.5. The van der Waals surface area contributed by atoms with Gasteiger partial charge in [-0.2, -0.15) is 0 Å². The minimum atomic E-state index is 0.370. The first-order valence-corrected chi connectivity index (χ1v) is 6.32. The third kappa shape index (κ3) is 3.76. The van der Waals surface area contributed by atoms with Gasteiger partial charge < -0.3 is 10.2 Å². The van der Waals surface area contributed by atoms with Crippen molar-refractivity contribution in [2.24, 2.45) is 5.41 Å². The van der Waals surface area contributed by atoms with Gasteiger partial charge in [0.2, 0.25) is 0 Å². The van der Waals surface area contributed by atoms with E-state index in [4.69, 9.17) is 0 Å². The van der Waals surface area contributed by atoms with Crippen LogP contribution >= 0.6 is 0 Å². The highest BCUT2D eigenvalue weighted by Gasteiger charge is 2.26. The first kappa shape index (κ1) is 13.0. The molecule has 1 fully saturated rings. The fourth-order valence-corrected chi connectivity index (χ4v) is 2.35.